The number of aryl methyl sites for hydroxylation is 1. The lowest BCUT2D eigenvalue weighted by atomic mass is 10.2. The molecule has 0 amide bonds. The summed E-state index contributed by atoms with van der Waals surface area (Å²) in [6.07, 6.45) is 0. The number of hydrogen-bond donors (Lipinski definition) is 0. The maximum atomic E-state index is 13.3. The van der Waals surface area contributed by atoms with Crippen molar-refractivity contribution in [1.29, 1.82) is 0 Å². The minimum absolute atomic E-state index is 0.0668. The average Bonchev–Trinajstić information content (AvgIpc) is 2.61. The van der Waals surface area contributed by atoms with Gasteiger partial charge in [0.2, 0.25) is 0 Å². The molecule has 0 heterocycles. The van der Waals surface area contributed by atoms with Crippen molar-refractivity contribution in [3.8, 4) is 0 Å². The fourth-order valence-electron chi connectivity index (χ4n) is 2.67. The molecule has 3 aromatic rings. The first kappa shape index (κ1) is 18.4. The lowest BCUT2D eigenvalue weighted by molar-refractivity contribution is 0.589. The molecule has 134 valence electrons. The molecular formula is C20H17ClFNO2S. The van der Waals surface area contributed by atoms with E-state index >= 15 is 0 Å². The van der Waals surface area contributed by atoms with Gasteiger partial charge in [0.15, 0.2) is 0 Å². The van der Waals surface area contributed by atoms with Crippen LogP contribution in [0.3, 0.4) is 0 Å². The summed E-state index contributed by atoms with van der Waals surface area (Å²) in [5.74, 6) is -0.371. The van der Waals surface area contributed by atoms with Crippen molar-refractivity contribution in [3.63, 3.8) is 0 Å². The summed E-state index contributed by atoms with van der Waals surface area (Å²) in [5.41, 5.74) is 1.77. The highest BCUT2D eigenvalue weighted by Gasteiger charge is 2.26. The molecule has 0 saturated heterocycles. The van der Waals surface area contributed by atoms with Crippen LogP contribution in [-0.2, 0) is 16.6 Å². The van der Waals surface area contributed by atoms with E-state index in [0.717, 1.165) is 0 Å². The van der Waals surface area contributed by atoms with Crippen molar-refractivity contribution >= 4 is 27.3 Å². The van der Waals surface area contributed by atoms with Gasteiger partial charge in [-0.05, 0) is 54.4 Å². The first-order chi connectivity index (χ1) is 12.4. The van der Waals surface area contributed by atoms with Crippen molar-refractivity contribution < 1.29 is 12.8 Å². The smallest absolute Gasteiger partial charge is 0.262 e. The molecular weight excluding hydrogens is 373 g/mol. The summed E-state index contributed by atoms with van der Waals surface area (Å²) in [5, 5.41) is 0.437. The van der Waals surface area contributed by atoms with E-state index in [1.807, 2.05) is 0 Å². The van der Waals surface area contributed by atoms with Crippen molar-refractivity contribution in [2.24, 2.45) is 0 Å². The molecule has 3 nitrogen and oxygen atoms in total. The predicted octanol–water partition coefficient (Wildman–Crippen LogP) is 5.18. The van der Waals surface area contributed by atoms with Crippen LogP contribution in [0.5, 0.6) is 0 Å². The normalized spacial score (nSPS) is 11.3. The van der Waals surface area contributed by atoms with Crippen molar-refractivity contribution in [2.75, 3.05) is 4.31 Å². The Morgan fingerprint density at radius 2 is 1.65 bits per heavy atom. The summed E-state index contributed by atoms with van der Waals surface area (Å²) >= 11 is 6.07. The van der Waals surface area contributed by atoms with Gasteiger partial charge < -0.3 is 0 Å². The molecule has 0 fully saturated rings. The first-order valence-corrected chi connectivity index (χ1v) is 9.78. The molecule has 26 heavy (non-hydrogen) atoms. The topological polar surface area (TPSA) is 37.4 Å². The molecule has 3 rings (SSSR count). The van der Waals surface area contributed by atoms with Crippen LogP contribution in [0, 0.1) is 12.7 Å². The Kier molecular flexibility index (Phi) is 5.30. The van der Waals surface area contributed by atoms with Gasteiger partial charge in [0.1, 0.15) is 5.82 Å². The monoisotopic (exact) mass is 389 g/mol. The van der Waals surface area contributed by atoms with Crippen LogP contribution in [-0.4, -0.2) is 8.42 Å². The Labute approximate surface area is 157 Å². The Morgan fingerprint density at radius 1 is 0.962 bits per heavy atom. The second kappa shape index (κ2) is 7.48. The standard InChI is InChI=1S/C20H17ClFNO2S/c1-15-5-2-3-8-20(15)26(24,25)23(19-7-4-6-17(21)13-19)14-16-9-11-18(22)12-10-16/h2-13H,14H2,1H3. The van der Waals surface area contributed by atoms with E-state index in [1.165, 1.54) is 16.4 Å². The molecule has 0 aliphatic carbocycles. The Bertz CT molecular complexity index is 1020. The summed E-state index contributed by atoms with van der Waals surface area (Å²) in [6, 6.07) is 19.2. The van der Waals surface area contributed by atoms with E-state index in [1.54, 1.807) is 67.6 Å². The number of benzene rings is 3. The summed E-state index contributed by atoms with van der Waals surface area (Å²) in [6.45, 7) is 1.82. The number of halogens is 2. The van der Waals surface area contributed by atoms with Gasteiger partial charge in [-0.3, -0.25) is 4.31 Å². The van der Waals surface area contributed by atoms with Crippen molar-refractivity contribution in [2.45, 2.75) is 18.4 Å². The zero-order valence-corrected chi connectivity index (χ0v) is 15.6. The minimum Gasteiger partial charge on any atom is -0.262 e. The molecule has 0 atom stereocenters. The highest BCUT2D eigenvalue weighted by Crippen LogP contribution is 2.29. The maximum Gasteiger partial charge on any atom is 0.264 e. The molecule has 0 radical (unpaired) electrons. The highest BCUT2D eigenvalue weighted by molar-refractivity contribution is 7.92. The van der Waals surface area contributed by atoms with Crippen molar-refractivity contribution in [1.82, 2.24) is 0 Å². The van der Waals surface area contributed by atoms with Crippen molar-refractivity contribution in [3.05, 3.63) is 94.8 Å². The second-order valence-corrected chi connectivity index (χ2v) is 8.15. The third kappa shape index (κ3) is 3.89. The number of sulfonamides is 1. The summed E-state index contributed by atoms with van der Waals surface area (Å²) < 4.78 is 41.2. The van der Waals surface area contributed by atoms with Gasteiger partial charge >= 0.3 is 0 Å². The molecule has 0 aliphatic rings. The zero-order valence-electron chi connectivity index (χ0n) is 14.1. The largest absolute Gasteiger partial charge is 0.264 e. The lowest BCUT2D eigenvalue weighted by Crippen LogP contribution is -2.31. The summed E-state index contributed by atoms with van der Waals surface area (Å²) in [4.78, 5) is 0.224. The van der Waals surface area contributed by atoms with Gasteiger partial charge in [-0.15, -0.1) is 0 Å². The molecule has 0 spiro atoms. The SMILES string of the molecule is Cc1ccccc1S(=O)(=O)N(Cc1ccc(F)cc1)c1cccc(Cl)c1. The van der Waals surface area contributed by atoms with E-state index in [4.69, 9.17) is 11.6 Å². The zero-order chi connectivity index (χ0) is 18.7. The number of anilines is 1. The Balaban J connectivity index is 2.11. The van der Waals surface area contributed by atoms with Crippen LogP contribution >= 0.6 is 11.6 Å². The quantitative estimate of drug-likeness (QED) is 0.602. The van der Waals surface area contributed by atoms with Gasteiger partial charge in [-0.1, -0.05) is 48.0 Å². The second-order valence-electron chi connectivity index (χ2n) is 5.88. The fraction of sp³-hybridized carbons (Fsp3) is 0.100. The summed E-state index contributed by atoms with van der Waals surface area (Å²) in [7, 11) is -3.83. The predicted molar refractivity (Wildman–Crippen MR) is 102 cm³/mol. The maximum absolute atomic E-state index is 13.3. The van der Waals surface area contributed by atoms with E-state index in [-0.39, 0.29) is 17.3 Å². The van der Waals surface area contributed by atoms with Gasteiger partial charge in [0.25, 0.3) is 10.0 Å². The van der Waals surface area contributed by atoms with Gasteiger partial charge in [-0.25, -0.2) is 12.8 Å². The highest BCUT2D eigenvalue weighted by atomic mass is 35.5. The van der Waals surface area contributed by atoms with Gasteiger partial charge in [-0.2, -0.15) is 0 Å². The first-order valence-electron chi connectivity index (χ1n) is 7.96. The number of rotatable bonds is 5. The van der Waals surface area contributed by atoms with Crippen LogP contribution < -0.4 is 4.31 Å². The van der Waals surface area contributed by atoms with Crippen LogP contribution in [0.4, 0.5) is 10.1 Å². The van der Waals surface area contributed by atoms with Crippen LogP contribution in [0.1, 0.15) is 11.1 Å². The minimum atomic E-state index is -3.83. The molecule has 0 aromatic heterocycles. The number of nitrogens with zero attached hydrogens (tertiary/aromatic N) is 1. The van der Waals surface area contributed by atoms with E-state index in [0.29, 0.717) is 21.8 Å². The lowest BCUT2D eigenvalue weighted by Gasteiger charge is -2.25. The Morgan fingerprint density at radius 3 is 2.31 bits per heavy atom. The fourth-order valence-corrected chi connectivity index (χ4v) is 4.52. The van der Waals surface area contributed by atoms with Gasteiger partial charge in [0, 0.05) is 5.02 Å². The molecule has 3 aromatic carbocycles. The number of hydrogen-bond acceptors (Lipinski definition) is 2. The van der Waals surface area contributed by atoms with Gasteiger partial charge in [0.05, 0.1) is 17.1 Å². The van der Waals surface area contributed by atoms with Crippen LogP contribution in [0.25, 0.3) is 0 Å². The molecule has 0 bridgehead atoms. The molecule has 0 saturated carbocycles. The molecule has 0 aliphatic heterocycles. The third-order valence-corrected chi connectivity index (χ3v) is 6.17. The van der Waals surface area contributed by atoms with Crippen LogP contribution in [0.15, 0.2) is 77.7 Å². The van der Waals surface area contributed by atoms with E-state index in [2.05, 4.69) is 0 Å². The third-order valence-electron chi connectivity index (χ3n) is 4.00. The molecule has 6 heteroatoms. The Hall–Kier alpha value is -2.37. The van der Waals surface area contributed by atoms with E-state index in [9.17, 15) is 12.8 Å². The van der Waals surface area contributed by atoms with E-state index < -0.39 is 10.0 Å². The van der Waals surface area contributed by atoms with Crippen LogP contribution in [0.2, 0.25) is 5.02 Å². The molecule has 0 N–H and O–H groups in total. The molecule has 0 unspecified atom stereocenters. The average molecular weight is 390 g/mol.